The van der Waals surface area contributed by atoms with Gasteiger partial charge in [-0.15, -0.1) is 0 Å². The molecule has 0 saturated heterocycles. The zero-order valence-corrected chi connectivity index (χ0v) is 18.3. The predicted octanol–water partition coefficient (Wildman–Crippen LogP) is 4.48. The van der Waals surface area contributed by atoms with Crippen molar-refractivity contribution in [2.75, 3.05) is 17.9 Å². The van der Waals surface area contributed by atoms with Crippen LogP contribution in [0.5, 0.6) is 0 Å². The second kappa shape index (κ2) is 9.13. The minimum atomic E-state index is -3.80. The Bertz CT molecular complexity index is 1130. The van der Waals surface area contributed by atoms with Gasteiger partial charge < -0.3 is 4.90 Å². The molecule has 3 aromatic carbocycles. The fourth-order valence-electron chi connectivity index (χ4n) is 3.31. The van der Waals surface area contributed by atoms with Crippen LogP contribution in [-0.2, 0) is 16.6 Å². The van der Waals surface area contributed by atoms with Gasteiger partial charge in [-0.1, -0.05) is 54.6 Å². The number of para-hydroxylation sites is 1. The number of rotatable bonds is 7. The van der Waals surface area contributed by atoms with Crippen molar-refractivity contribution in [1.82, 2.24) is 4.90 Å². The molecule has 0 saturated carbocycles. The van der Waals surface area contributed by atoms with Crippen LogP contribution < -0.4 is 4.31 Å². The van der Waals surface area contributed by atoms with Gasteiger partial charge in [0.15, 0.2) is 0 Å². The lowest BCUT2D eigenvalue weighted by molar-refractivity contribution is 0.0752. The van der Waals surface area contributed by atoms with E-state index in [-0.39, 0.29) is 10.8 Å². The van der Waals surface area contributed by atoms with E-state index < -0.39 is 10.0 Å². The maximum absolute atomic E-state index is 13.2. The lowest BCUT2D eigenvalue weighted by Crippen LogP contribution is -2.31. The molecule has 3 rings (SSSR count). The molecule has 0 N–H and O–H groups in total. The summed E-state index contributed by atoms with van der Waals surface area (Å²) in [5, 5.41) is 0. The smallest absolute Gasteiger partial charge is 0.264 e. The number of carbonyl (C=O) groups excluding carboxylic acids is 1. The Hall–Kier alpha value is -3.12. The molecular weight excluding hydrogens is 396 g/mol. The number of benzene rings is 3. The zero-order chi connectivity index (χ0) is 21.7. The van der Waals surface area contributed by atoms with Crippen LogP contribution >= 0.6 is 0 Å². The first-order valence-corrected chi connectivity index (χ1v) is 11.3. The van der Waals surface area contributed by atoms with E-state index in [1.165, 1.54) is 23.5 Å². The Kier molecular flexibility index (Phi) is 6.57. The van der Waals surface area contributed by atoms with Crippen molar-refractivity contribution >= 4 is 21.6 Å². The second-order valence-electron chi connectivity index (χ2n) is 7.09. The van der Waals surface area contributed by atoms with Gasteiger partial charge in [-0.3, -0.25) is 9.10 Å². The molecule has 0 unspecified atom stereocenters. The van der Waals surface area contributed by atoms with Crippen LogP contribution in [-0.4, -0.2) is 32.8 Å². The van der Waals surface area contributed by atoms with E-state index in [0.717, 1.165) is 11.1 Å². The van der Waals surface area contributed by atoms with Crippen LogP contribution in [0.2, 0.25) is 0 Å². The van der Waals surface area contributed by atoms with Crippen LogP contribution in [0.3, 0.4) is 0 Å². The van der Waals surface area contributed by atoms with E-state index >= 15 is 0 Å². The molecule has 0 aliphatic rings. The van der Waals surface area contributed by atoms with Gasteiger partial charge in [0.25, 0.3) is 15.9 Å². The Balaban J connectivity index is 1.89. The van der Waals surface area contributed by atoms with Gasteiger partial charge in [0.05, 0.1) is 10.6 Å². The minimum Gasteiger partial charge on any atom is -0.335 e. The van der Waals surface area contributed by atoms with Crippen LogP contribution in [0.4, 0.5) is 5.69 Å². The third-order valence-electron chi connectivity index (χ3n) is 5.08. The van der Waals surface area contributed by atoms with Crippen molar-refractivity contribution in [3.63, 3.8) is 0 Å². The summed E-state index contributed by atoms with van der Waals surface area (Å²) in [6.45, 7) is 4.77. The average molecular weight is 423 g/mol. The van der Waals surface area contributed by atoms with Crippen molar-refractivity contribution in [2.45, 2.75) is 25.3 Å². The summed E-state index contributed by atoms with van der Waals surface area (Å²) < 4.78 is 27.6. The Labute approximate surface area is 178 Å². The van der Waals surface area contributed by atoms with Crippen molar-refractivity contribution in [3.8, 4) is 0 Å². The van der Waals surface area contributed by atoms with Gasteiger partial charge in [-0.2, -0.15) is 0 Å². The van der Waals surface area contributed by atoms with E-state index in [2.05, 4.69) is 0 Å². The van der Waals surface area contributed by atoms with Gasteiger partial charge in [0, 0.05) is 25.7 Å². The highest BCUT2D eigenvalue weighted by Gasteiger charge is 2.24. The summed E-state index contributed by atoms with van der Waals surface area (Å²) in [6, 6.07) is 23.3. The number of hydrogen-bond acceptors (Lipinski definition) is 3. The number of anilines is 1. The first-order valence-electron chi connectivity index (χ1n) is 9.82. The predicted molar refractivity (Wildman–Crippen MR) is 120 cm³/mol. The highest BCUT2D eigenvalue weighted by atomic mass is 32.2. The normalized spacial score (nSPS) is 11.2. The van der Waals surface area contributed by atoms with Crippen LogP contribution in [0.15, 0.2) is 83.8 Å². The van der Waals surface area contributed by atoms with Gasteiger partial charge in [-0.05, 0) is 49.2 Å². The van der Waals surface area contributed by atoms with Crippen molar-refractivity contribution in [3.05, 3.63) is 95.6 Å². The molecule has 0 aliphatic carbocycles. The first-order chi connectivity index (χ1) is 14.3. The molecule has 0 bridgehead atoms. The van der Waals surface area contributed by atoms with Crippen molar-refractivity contribution in [1.29, 1.82) is 0 Å². The first kappa shape index (κ1) is 21.6. The maximum atomic E-state index is 13.2. The quantitative estimate of drug-likeness (QED) is 0.564. The summed E-state index contributed by atoms with van der Waals surface area (Å²) in [6.07, 6.45) is 0. The van der Waals surface area contributed by atoms with E-state index in [1.807, 2.05) is 56.3 Å². The number of carbonyl (C=O) groups is 1. The van der Waals surface area contributed by atoms with Gasteiger partial charge in [0.1, 0.15) is 0 Å². The number of aryl methyl sites for hydroxylation is 1. The molecule has 3 aromatic rings. The Morgan fingerprint density at radius 3 is 2.23 bits per heavy atom. The fraction of sp³-hybridized carbons (Fsp3) is 0.208. The average Bonchev–Trinajstić information content (AvgIpc) is 2.77. The molecule has 0 spiro atoms. The maximum Gasteiger partial charge on any atom is 0.264 e. The summed E-state index contributed by atoms with van der Waals surface area (Å²) in [7, 11) is -2.27. The molecular formula is C24H26N2O3S. The summed E-state index contributed by atoms with van der Waals surface area (Å²) in [5.74, 6) is -0.197. The SMILES string of the molecule is CCN(Cc1ccccc1)C(=O)c1cccc(S(=O)(=O)N(C)c2ccccc2C)c1. The van der Waals surface area contributed by atoms with Gasteiger partial charge in [-0.25, -0.2) is 8.42 Å². The highest BCUT2D eigenvalue weighted by molar-refractivity contribution is 7.92. The van der Waals surface area contributed by atoms with Gasteiger partial charge in [0.2, 0.25) is 0 Å². The Morgan fingerprint density at radius 1 is 0.900 bits per heavy atom. The highest BCUT2D eigenvalue weighted by Crippen LogP contribution is 2.25. The summed E-state index contributed by atoms with van der Waals surface area (Å²) in [5.41, 5.74) is 2.84. The summed E-state index contributed by atoms with van der Waals surface area (Å²) >= 11 is 0. The number of nitrogens with zero attached hydrogens (tertiary/aromatic N) is 2. The molecule has 156 valence electrons. The molecule has 30 heavy (non-hydrogen) atoms. The third kappa shape index (κ3) is 4.54. The topological polar surface area (TPSA) is 57.7 Å². The van der Waals surface area contributed by atoms with Crippen molar-refractivity contribution in [2.24, 2.45) is 0 Å². The lowest BCUT2D eigenvalue weighted by Gasteiger charge is -2.23. The zero-order valence-electron chi connectivity index (χ0n) is 17.4. The molecule has 0 heterocycles. The Morgan fingerprint density at radius 2 is 1.57 bits per heavy atom. The second-order valence-corrected chi connectivity index (χ2v) is 9.06. The molecule has 0 aliphatic heterocycles. The molecule has 0 aromatic heterocycles. The third-order valence-corrected chi connectivity index (χ3v) is 6.85. The van der Waals surface area contributed by atoms with E-state index in [0.29, 0.717) is 24.3 Å². The monoisotopic (exact) mass is 422 g/mol. The summed E-state index contributed by atoms with van der Waals surface area (Å²) in [4.78, 5) is 14.9. The van der Waals surface area contributed by atoms with E-state index in [4.69, 9.17) is 0 Å². The largest absolute Gasteiger partial charge is 0.335 e. The van der Waals surface area contributed by atoms with Crippen LogP contribution in [0.25, 0.3) is 0 Å². The molecule has 5 nitrogen and oxygen atoms in total. The van der Waals surface area contributed by atoms with Crippen molar-refractivity contribution < 1.29 is 13.2 Å². The standard InChI is InChI=1S/C24H26N2O3S/c1-4-26(18-20-12-6-5-7-13-20)24(27)21-14-10-15-22(17-21)30(28,29)25(3)23-16-9-8-11-19(23)2/h5-17H,4,18H2,1-3H3. The number of hydrogen-bond donors (Lipinski definition) is 0. The molecule has 6 heteroatoms. The van der Waals surface area contributed by atoms with Crippen LogP contribution in [0.1, 0.15) is 28.4 Å². The number of sulfonamides is 1. The van der Waals surface area contributed by atoms with Gasteiger partial charge >= 0.3 is 0 Å². The van der Waals surface area contributed by atoms with Crippen LogP contribution in [0, 0.1) is 6.92 Å². The lowest BCUT2D eigenvalue weighted by atomic mass is 10.1. The fourth-order valence-corrected chi connectivity index (χ4v) is 4.61. The molecule has 0 fully saturated rings. The number of amides is 1. The van der Waals surface area contributed by atoms with E-state index in [9.17, 15) is 13.2 Å². The molecule has 0 atom stereocenters. The molecule has 1 amide bonds. The van der Waals surface area contributed by atoms with E-state index in [1.54, 1.807) is 29.2 Å². The minimum absolute atomic E-state index is 0.0925. The molecule has 0 radical (unpaired) electrons.